The molecule has 1 radical (unpaired) electrons. The number of nitrogens with one attached hydrogen (secondary N) is 1. The molecular weight excluding hydrogens is 560 g/mol. The molecule has 1 aliphatic heterocycles. The van der Waals surface area contributed by atoms with Gasteiger partial charge >= 0.3 is 0 Å². The number of carbonyl (C=O) groups is 2. The zero-order valence-corrected chi connectivity index (χ0v) is 30.4. The average molecular weight is 624 g/mol. The highest BCUT2D eigenvalue weighted by Crippen LogP contribution is 2.75. The van der Waals surface area contributed by atoms with Crippen molar-refractivity contribution >= 4 is 11.7 Å². The zero-order valence-electron chi connectivity index (χ0n) is 30.4. The van der Waals surface area contributed by atoms with Crippen molar-refractivity contribution in [3.05, 3.63) is 11.6 Å². The molecule has 2 N–H and O–H groups in total. The van der Waals surface area contributed by atoms with Crippen molar-refractivity contribution in [1.82, 2.24) is 10.4 Å². The third kappa shape index (κ3) is 4.56. The van der Waals surface area contributed by atoms with Crippen molar-refractivity contribution in [2.45, 2.75) is 170 Å². The van der Waals surface area contributed by atoms with Gasteiger partial charge in [0.2, 0.25) is 5.91 Å². The standard InChI is InChI=1S/C39H63N2O4/c1-32(2)21-24(22-33(3,4)41(32)45)40-31(44)36(8)17-16-35(7)18-19-38(10)25(26(35)23-36)20-27(42)30-37(9)14-13-29(43)34(5,6)28(37)12-15-39(30,38)11/h20,24,26,28-30,43H,12-19,21-23H2,1-11H3,(H,40,44)/t26-,28-,29-,30+,35+,36-,37-,38+,39+/m0/s1. The Balaban J connectivity index is 1.31. The lowest BCUT2D eigenvalue weighted by Gasteiger charge is -2.70. The van der Waals surface area contributed by atoms with Crippen LogP contribution in [0.25, 0.3) is 0 Å². The number of ketones is 1. The second-order valence-electron chi connectivity index (χ2n) is 20.1. The van der Waals surface area contributed by atoms with Crippen LogP contribution in [-0.2, 0) is 14.8 Å². The number of fused-ring (bicyclic) bond motifs is 7. The molecule has 1 amide bonds. The summed E-state index contributed by atoms with van der Waals surface area (Å²) in [6.45, 7) is 24.3. The second kappa shape index (κ2) is 9.91. The minimum absolute atomic E-state index is 0.0289. The smallest absolute Gasteiger partial charge is 0.226 e. The maximum Gasteiger partial charge on any atom is 0.226 e. The van der Waals surface area contributed by atoms with Crippen molar-refractivity contribution in [2.75, 3.05) is 0 Å². The number of allylic oxidation sites excluding steroid dienone is 2. The van der Waals surface area contributed by atoms with Crippen LogP contribution in [0.5, 0.6) is 0 Å². The number of hydrogen-bond acceptors (Lipinski definition) is 4. The summed E-state index contributed by atoms with van der Waals surface area (Å²) in [5.74, 6) is 0.919. The van der Waals surface area contributed by atoms with Gasteiger partial charge in [-0.2, -0.15) is 0 Å². The van der Waals surface area contributed by atoms with Gasteiger partial charge in [-0.25, -0.2) is 0 Å². The first-order valence-electron chi connectivity index (χ1n) is 18.2. The lowest BCUT2D eigenvalue weighted by atomic mass is 9.33. The number of rotatable bonds is 2. The Morgan fingerprint density at radius 1 is 0.822 bits per heavy atom. The van der Waals surface area contributed by atoms with Gasteiger partial charge in [0.25, 0.3) is 0 Å². The Bertz CT molecular complexity index is 1280. The summed E-state index contributed by atoms with van der Waals surface area (Å²) >= 11 is 0. The van der Waals surface area contributed by atoms with Crippen LogP contribution >= 0.6 is 0 Å². The van der Waals surface area contributed by atoms with Crippen molar-refractivity contribution in [2.24, 2.45) is 50.2 Å². The molecule has 0 unspecified atom stereocenters. The number of hydroxylamine groups is 2. The largest absolute Gasteiger partial charge is 0.393 e. The fourth-order valence-corrected chi connectivity index (χ4v) is 13.1. The Morgan fingerprint density at radius 3 is 2.04 bits per heavy atom. The second-order valence-corrected chi connectivity index (χ2v) is 20.1. The van der Waals surface area contributed by atoms with E-state index in [9.17, 15) is 19.9 Å². The Hall–Kier alpha value is -1.24. The van der Waals surface area contributed by atoms with Crippen molar-refractivity contribution in [3.63, 3.8) is 0 Å². The lowest BCUT2D eigenvalue weighted by molar-refractivity contribution is -0.290. The molecular formula is C39H63N2O4. The van der Waals surface area contributed by atoms with Gasteiger partial charge in [-0.3, -0.25) is 9.59 Å². The van der Waals surface area contributed by atoms with E-state index in [1.54, 1.807) is 0 Å². The summed E-state index contributed by atoms with van der Waals surface area (Å²) in [6.07, 6.45) is 11.7. The highest BCUT2D eigenvalue weighted by Gasteiger charge is 2.70. The van der Waals surface area contributed by atoms with Crippen LogP contribution in [0, 0.1) is 50.2 Å². The molecule has 6 nitrogen and oxygen atoms in total. The molecule has 6 aliphatic rings. The molecule has 0 spiro atoms. The molecule has 5 fully saturated rings. The van der Waals surface area contributed by atoms with Gasteiger partial charge < -0.3 is 10.4 Å². The van der Waals surface area contributed by atoms with E-state index in [0.29, 0.717) is 24.5 Å². The Labute approximate surface area is 273 Å². The monoisotopic (exact) mass is 623 g/mol. The SMILES string of the molecule is CC1(C)[C@@H](O)CC[C@]2(C)[C@H]3C(=O)C=C4[C@@H]5C[C@@](C)(C(=O)NC6CC(C)(C)N([O])C(C)(C)C6)CC[C@]5(C)CC[C@@]4(C)[C@]3(C)CC[C@@H]12. The minimum Gasteiger partial charge on any atom is -0.393 e. The first-order valence-corrected chi connectivity index (χ1v) is 18.2. The third-order valence-corrected chi connectivity index (χ3v) is 16.0. The van der Waals surface area contributed by atoms with Crippen LogP contribution in [0.2, 0.25) is 0 Å². The summed E-state index contributed by atoms with van der Waals surface area (Å²) in [5.41, 5.74) is -0.706. The molecule has 0 aromatic rings. The van der Waals surface area contributed by atoms with E-state index in [-0.39, 0.29) is 57.0 Å². The van der Waals surface area contributed by atoms with Gasteiger partial charge in [0.05, 0.1) is 6.10 Å². The van der Waals surface area contributed by atoms with Gasteiger partial charge in [0.1, 0.15) is 0 Å². The third-order valence-electron chi connectivity index (χ3n) is 16.0. The molecule has 0 aromatic heterocycles. The molecule has 253 valence electrons. The summed E-state index contributed by atoms with van der Waals surface area (Å²) < 4.78 is 0. The first kappa shape index (κ1) is 33.7. The van der Waals surface area contributed by atoms with Crippen molar-refractivity contribution in [1.29, 1.82) is 0 Å². The number of aliphatic hydroxyl groups excluding tert-OH is 1. The number of amides is 1. The average Bonchev–Trinajstić information content (AvgIpc) is 2.91. The maximum atomic E-state index is 14.6. The number of nitrogens with zero attached hydrogens (tertiary/aromatic N) is 1. The van der Waals surface area contributed by atoms with Gasteiger partial charge in [0.15, 0.2) is 5.78 Å². The molecule has 4 saturated carbocycles. The molecule has 6 heteroatoms. The summed E-state index contributed by atoms with van der Waals surface area (Å²) in [6, 6.07) is -0.0289. The quantitative estimate of drug-likeness (QED) is 0.328. The number of carbonyl (C=O) groups excluding carboxylic acids is 2. The van der Waals surface area contributed by atoms with E-state index in [0.717, 1.165) is 57.8 Å². The number of piperidine rings is 1. The van der Waals surface area contributed by atoms with E-state index >= 15 is 0 Å². The lowest BCUT2D eigenvalue weighted by Crippen LogP contribution is -2.66. The minimum atomic E-state index is -0.530. The molecule has 5 aliphatic carbocycles. The topological polar surface area (TPSA) is 89.5 Å². The van der Waals surface area contributed by atoms with E-state index in [4.69, 9.17) is 0 Å². The Kier molecular flexibility index (Phi) is 7.41. The molecule has 1 heterocycles. The van der Waals surface area contributed by atoms with E-state index in [1.165, 1.54) is 10.6 Å². The summed E-state index contributed by atoms with van der Waals surface area (Å²) in [4.78, 5) is 28.9. The van der Waals surface area contributed by atoms with Gasteiger partial charge in [-0.1, -0.05) is 54.0 Å². The van der Waals surface area contributed by atoms with Gasteiger partial charge in [-0.15, -0.1) is 10.3 Å². The number of aliphatic hydroxyl groups is 1. The summed E-state index contributed by atoms with van der Waals surface area (Å²) in [7, 11) is 0. The van der Waals surface area contributed by atoms with Gasteiger partial charge in [0, 0.05) is 28.5 Å². The van der Waals surface area contributed by atoms with Crippen molar-refractivity contribution < 1.29 is 19.9 Å². The van der Waals surface area contributed by atoms with Crippen LogP contribution < -0.4 is 5.32 Å². The first-order chi connectivity index (χ1) is 20.5. The fraction of sp³-hybridized carbons (Fsp3) is 0.897. The van der Waals surface area contributed by atoms with E-state index in [1.807, 2.05) is 27.7 Å². The van der Waals surface area contributed by atoms with Crippen LogP contribution in [0.3, 0.4) is 0 Å². The molecule has 0 aromatic carbocycles. The van der Waals surface area contributed by atoms with Crippen LogP contribution in [0.15, 0.2) is 11.6 Å². The molecule has 6 rings (SSSR count). The van der Waals surface area contributed by atoms with Crippen molar-refractivity contribution in [3.8, 4) is 0 Å². The van der Waals surface area contributed by atoms with Crippen LogP contribution in [-0.4, -0.2) is 45.1 Å². The van der Waals surface area contributed by atoms with E-state index in [2.05, 4.69) is 59.9 Å². The predicted octanol–water partition coefficient (Wildman–Crippen LogP) is 7.81. The molecule has 45 heavy (non-hydrogen) atoms. The molecule has 9 atom stereocenters. The summed E-state index contributed by atoms with van der Waals surface area (Å²) in [5, 5.41) is 28.7. The fourth-order valence-electron chi connectivity index (χ4n) is 13.1. The van der Waals surface area contributed by atoms with E-state index < -0.39 is 16.5 Å². The molecule has 0 bridgehead atoms. The normalized spacial score (nSPS) is 49.1. The van der Waals surface area contributed by atoms with Crippen LogP contribution in [0.4, 0.5) is 0 Å². The maximum absolute atomic E-state index is 14.6. The number of hydrogen-bond donors (Lipinski definition) is 2. The Morgan fingerprint density at radius 2 is 1.42 bits per heavy atom. The highest BCUT2D eigenvalue weighted by atomic mass is 16.5. The van der Waals surface area contributed by atoms with Crippen LogP contribution in [0.1, 0.15) is 147 Å². The van der Waals surface area contributed by atoms with Gasteiger partial charge in [-0.05, 0) is 143 Å². The zero-order chi connectivity index (χ0) is 33.4. The predicted molar refractivity (Wildman–Crippen MR) is 177 cm³/mol. The molecule has 1 saturated heterocycles. The highest BCUT2D eigenvalue weighted by molar-refractivity contribution is 5.95.